The Labute approximate surface area is 116 Å². The number of nitrogens with zero attached hydrogens (tertiary/aromatic N) is 2. The van der Waals surface area contributed by atoms with Crippen molar-refractivity contribution in [3.05, 3.63) is 29.8 Å². The van der Waals surface area contributed by atoms with Gasteiger partial charge in [-0.3, -0.25) is 4.99 Å². The highest BCUT2D eigenvalue weighted by Crippen LogP contribution is 2.12. The molecular weight excluding hydrogens is 236 g/mol. The molecule has 0 radical (unpaired) electrons. The second-order valence-electron chi connectivity index (χ2n) is 5.36. The van der Waals surface area contributed by atoms with E-state index in [-0.39, 0.29) is 0 Å². The van der Waals surface area contributed by atoms with Crippen LogP contribution in [0, 0.1) is 5.92 Å². The van der Waals surface area contributed by atoms with Gasteiger partial charge in [-0.05, 0) is 30.0 Å². The van der Waals surface area contributed by atoms with Crippen LogP contribution in [0.15, 0.2) is 29.3 Å². The molecule has 0 saturated heterocycles. The second kappa shape index (κ2) is 7.67. The van der Waals surface area contributed by atoms with Crippen LogP contribution in [0.5, 0.6) is 0 Å². The van der Waals surface area contributed by atoms with Crippen LogP contribution in [-0.4, -0.2) is 33.1 Å². The van der Waals surface area contributed by atoms with Gasteiger partial charge in [-0.2, -0.15) is 0 Å². The lowest BCUT2D eigenvalue weighted by Crippen LogP contribution is -2.33. The monoisotopic (exact) mass is 262 g/mol. The van der Waals surface area contributed by atoms with Gasteiger partial charge in [0.2, 0.25) is 0 Å². The number of hydrogen-bond donors (Lipinski definition) is 2. The first kappa shape index (κ1) is 15.3. The van der Waals surface area contributed by atoms with E-state index < -0.39 is 0 Å². The molecule has 3 N–H and O–H groups in total. The number of nitrogens with two attached hydrogens (primary N) is 1. The van der Waals surface area contributed by atoms with Gasteiger partial charge in [0.25, 0.3) is 0 Å². The molecule has 0 aliphatic carbocycles. The molecule has 0 atom stereocenters. The van der Waals surface area contributed by atoms with E-state index in [0.29, 0.717) is 11.9 Å². The summed E-state index contributed by atoms with van der Waals surface area (Å²) in [4.78, 5) is 6.36. The van der Waals surface area contributed by atoms with Gasteiger partial charge in [0, 0.05) is 32.9 Å². The Kier molecular flexibility index (Phi) is 6.19. The molecule has 19 heavy (non-hydrogen) atoms. The van der Waals surface area contributed by atoms with Gasteiger partial charge >= 0.3 is 0 Å². The van der Waals surface area contributed by atoms with Crippen molar-refractivity contribution in [1.29, 1.82) is 0 Å². The first-order chi connectivity index (χ1) is 8.99. The van der Waals surface area contributed by atoms with Crippen molar-refractivity contribution in [2.75, 3.05) is 32.1 Å². The summed E-state index contributed by atoms with van der Waals surface area (Å²) >= 11 is 0. The molecule has 0 aliphatic heterocycles. The lowest BCUT2D eigenvalue weighted by molar-refractivity contribution is 0.661. The number of benzene rings is 1. The molecule has 0 saturated carbocycles. The summed E-state index contributed by atoms with van der Waals surface area (Å²) in [5.41, 5.74) is 8.30. The lowest BCUT2D eigenvalue weighted by atomic mass is 10.1. The lowest BCUT2D eigenvalue weighted by Gasteiger charge is -2.13. The van der Waals surface area contributed by atoms with E-state index in [1.807, 2.05) is 14.1 Å². The summed E-state index contributed by atoms with van der Waals surface area (Å²) in [6.45, 7) is 5.84. The van der Waals surface area contributed by atoms with Crippen molar-refractivity contribution in [3.8, 4) is 0 Å². The first-order valence-corrected chi connectivity index (χ1v) is 6.79. The maximum atomic E-state index is 5.78. The van der Waals surface area contributed by atoms with Crippen molar-refractivity contribution >= 4 is 11.6 Å². The van der Waals surface area contributed by atoms with Crippen molar-refractivity contribution in [2.45, 2.75) is 20.3 Å². The maximum absolute atomic E-state index is 5.78. The number of hydrogen-bond acceptors (Lipinski definition) is 2. The molecule has 1 rings (SSSR count). The summed E-state index contributed by atoms with van der Waals surface area (Å²) in [7, 11) is 4.09. The van der Waals surface area contributed by atoms with Crippen LogP contribution in [0.3, 0.4) is 0 Å². The summed E-state index contributed by atoms with van der Waals surface area (Å²) in [6, 6.07) is 8.56. The standard InChI is InChI=1S/C15H26N4/c1-12(2)11-18-15(16)17-10-9-13-5-7-14(8-6-13)19(3)4/h5-8,12H,9-11H2,1-4H3,(H3,16,17,18). The number of guanidine groups is 1. The molecule has 0 unspecified atom stereocenters. The van der Waals surface area contributed by atoms with Crippen molar-refractivity contribution < 1.29 is 0 Å². The van der Waals surface area contributed by atoms with E-state index in [1.165, 1.54) is 11.3 Å². The number of anilines is 1. The fraction of sp³-hybridized carbons (Fsp3) is 0.533. The molecule has 4 nitrogen and oxygen atoms in total. The van der Waals surface area contributed by atoms with Gasteiger partial charge in [0.05, 0.1) is 0 Å². The van der Waals surface area contributed by atoms with Gasteiger partial charge in [0.1, 0.15) is 0 Å². The number of aliphatic imine (C=N–C) groups is 1. The zero-order valence-corrected chi connectivity index (χ0v) is 12.5. The average molecular weight is 262 g/mol. The van der Waals surface area contributed by atoms with Gasteiger partial charge in [-0.1, -0.05) is 26.0 Å². The zero-order chi connectivity index (χ0) is 14.3. The Balaban J connectivity index is 2.35. The van der Waals surface area contributed by atoms with Gasteiger partial charge in [-0.15, -0.1) is 0 Å². The van der Waals surface area contributed by atoms with Crippen LogP contribution in [0.25, 0.3) is 0 Å². The van der Waals surface area contributed by atoms with E-state index in [1.54, 1.807) is 0 Å². The van der Waals surface area contributed by atoms with Gasteiger partial charge < -0.3 is 16.0 Å². The molecule has 0 aromatic heterocycles. The third-order valence-electron chi connectivity index (χ3n) is 2.80. The third kappa shape index (κ3) is 6.13. The predicted molar refractivity (Wildman–Crippen MR) is 83.8 cm³/mol. The maximum Gasteiger partial charge on any atom is 0.188 e. The minimum atomic E-state index is 0.540. The van der Waals surface area contributed by atoms with Crippen molar-refractivity contribution in [3.63, 3.8) is 0 Å². The first-order valence-electron chi connectivity index (χ1n) is 6.79. The molecule has 0 amide bonds. The van der Waals surface area contributed by atoms with E-state index in [2.05, 4.69) is 53.3 Å². The van der Waals surface area contributed by atoms with Gasteiger partial charge in [0.15, 0.2) is 5.96 Å². The molecule has 1 aromatic rings. The molecule has 1 aromatic carbocycles. The van der Waals surface area contributed by atoms with E-state index in [9.17, 15) is 0 Å². The Morgan fingerprint density at radius 3 is 2.42 bits per heavy atom. The average Bonchev–Trinajstić information content (AvgIpc) is 2.37. The Bertz CT molecular complexity index is 393. The van der Waals surface area contributed by atoms with Crippen LogP contribution in [0.2, 0.25) is 0 Å². The Hall–Kier alpha value is -1.71. The minimum Gasteiger partial charge on any atom is -0.378 e. The minimum absolute atomic E-state index is 0.540. The Morgan fingerprint density at radius 2 is 1.89 bits per heavy atom. The molecule has 0 fully saturated rings. The molecule has 106 valence electrons. The molecule has 0 heterocycles. The largest absolute Gasteiger partial charge is 0.378 e. The molecule has 0 bridgehead atoms. The summed E-state index contributed by atoms with van der Waals surface area (Å²) in [5.74, 6) is 1.08. The second-order valence-corrected chi connectivity index (χ2v) is 5.36. The number of rotatable bonds is 6. The topological polar surface area (TPSA) is 53.6 Å². The summed E-state index contributed by atoms with van der Waals surface area (Å²) < 4.78 is 0. The third-order valence-corrected chi connectivity index (χ3v) is 2.80. The molecular formula is C15H26N4. The summed E-state index contributed by atoms with van der Waals surface area (Å²) in [6.07, 6.45) is 0.950. The Morgan fingerprint density at radius 1 is 1.26 bits per heavy atom. The smallest absolute Gasteiger partial charge is 0.188 e. The van der Waals surface area contributed by atoms with Crippen LogP contribution in [-0.2, 0) is 6.42 Å². The number of nitrogens with one attached hydrogen (secondary N) is 1. The van der Waals surface area contributed by atoms with Crippen molar-refractivity contribution in [2.24, 2.45) is 16.6 Å². The van der Waals surface area contributed by atoms with E-state index in [4.69, 9.17) is 5.73 Å². The molecule has 0 aliphatic rings. The van der Waals surface area contributed by atoms with Crippen LogP contribution in [0.4, 0.5) is 5.69 Å². The highest BCUT2D eigenvalue weighted by Gasteiger charge is 1.98. The molecule has 0 spiro atoms. The van der Waals surface area contributed by atoms with Crippen LogP contribution in [0.1, 0.15) is 19.4 Å². The molecule has 4 heteroatoms. The fourth-order valence-corrected chi connectivity index (χ4v) is 1.63. The summed E-state index contributed by atoms with van der Waals surface area (Å²) in [5, 5.41) is 3.14. The van der Waals surface area contributed by atoms with E-state index >= 15 is 0 Å². The zero-order valence-electron chi connectivity index (χ0n) is 12.5. The SMILES string of the molecule is CC(C)CN=C(N)NCCc1ccc(N(C)C)cc1. The predicted octanol–water partition coefficient (Wildman–Crippen LogP) is 1.86. The fourth-order valence-electron chi connectivity index (χ4n) is 1.63. The highest BCUT2D eigenvalue weighted by atomic mass is 15.1. The van der Waals surface area contributed by atoms with Gasteiger partial charge in [-0.25, -0.2) is 0 Å². The van der Waals surface area contributed by atoms with E-state index in [0.717, 1.165) is 19.5 Å². The highest BCUT2D eigenvalue weighted by molar-refractivity contribution is 5.77. The van der Waals surface area contributed by atoms with Crippen LogP contribution >= 0.6 is 0 Å². The normalized spacial score (nSPS) is 11.7. The van der Waals surface area contributed by atoms with Crippen LogP contribution < -0.4 is 16.0 Å². The quantitative estimate of drug-likeness (QED) is 0.608. The van der Waals surface area contributed by atoms with Crippen molar-refractivity contribution in [1.82, 2.24) is 5.32 Å².